The van der Waals surface area contributed by atoms with E-state index < -0.39 is 29.9 Å². The molecule has 1 N–H and O–H groups in total. The zero-order valence-electron chi connectivity index (χ0n) is 20.6. The lowest BCUT2D eigenvalue weighted by Gasteiger charge is -2.26. The van der Waals surface area contributed by atoms with E-state index in [1.165, 1.54) is 19.4 Å². The number of aromatic nitrogens is 1. The molecule has 0 radical (unpaired) electrons. The summed E-state index contributed by atoms with van der Waals surface area (Å²) in [5, 5.41) is 10.2. The average molecular weight is 494 g/mol. The Kier molecular flexibility index (Phi) is 9.82. The SMILES string of the molecule is COc1ccnc(C(=O)C[C@@H](C)C(=O)O[C@H](COCc2ccccc2)[C@H](C)Oc2ccccc2)c1O. The van der Waals surface area contributed by atoms with Crippen molar-refractivity contribution in [2.45, 2.75) is 39.1 Å². The van der Waals surface area contributed by atoms with Gasteiger partial charge in [0.2, 0.25) is 0 Å². The molecular weight excluding hydrogens is 462 g/mol. The van der Waals surface area contributed by atoms with Gasteiger partial charge in [0, 0.05) is 18.7 Å². The number of ketones is 1. The van der Waals surface area contributed by atoms with Crippen LogP contribution >= 0.6 is 0 Å². The number of methoxy groups -OCH3 is 1. The van der Waals surface area contributed by atoms with Crippen molar-refractivity contribution in [3.8, 4) is 17.2 Å². The van der Waals surface area contributed by atoms with Crippen molar-refractivity contribution in [2.75, 3.05) is 13.7 Å². The molecule has 0 aliphatic carbocycles. The summed E-state index contributed by atoms with van der Waals surface area (Å²) >= 11 is 0. The van der Waals surface area contributed by atoms with E-state index in [9.17, 15) is 14.7 Å². The molecule has 2 aromatic carbocycles. The van der Waals surface area contributed by atoms with Gasteiger partial charge in [-0.05, 0) is 24.6 Å². The molecule has 3 rings (SSSR count). The number of Topliss-reactive ketones (excluding diaryl/α,β-unsaturated/α-hetero) is 1. The molecule has 3 atom stereocenters. The maximum Gasteiger partial charge on any atom is 0.309 e. The first-order chi connectivity index (χ1) is 17.4. The van der Waals surface area contributed by atoms with Crippen molar-refractivity contribution in [1.29, 1.82) is 0 Å². The maximum atomic E-state index is 12.9. The molecule has 0 spiro atoms. The minimum Gasteiger partial charge on any atom is -0.503 e. The standard InChI is InChI=1S/C28H31NO7/c1-19(16-23(30)26-27(31)24(33-3)14-15-29-26)28(32)36-25(18-34-17-21-10-6-4-7-11-21)20(2)35-22-12-8-5-9-13-22/h4-15,19-20,25,31H,16-18H2,1-3H3/t19-,20+,25-/m1/s1. The molecule has 36 heavy (non-hydrogen) atoms. The Bertz CT molecular complexity index is 1120. The Morgan fingerprint density at radius 1 is 0.972 bits per heavy atom. The molecule has 0 bridgehead atoms. The summed E-state index contributed by atoms with van der Waals surface area (Å²) < 4.78 is 22.6. The van der Waals surface area contributed by atoms with E-state index in [1.54, 1.807) is 13.8 Å². The van der Waals surface area contributed by atoms with E-state index in [-0.39, 0.29) is 30.2 Å². The molecule has 190 valence electrons. The second kappa shape index (κ2) is 13.3. The highest BCUT2D eigenvalue weighted by Gasteiger charge is 2.29. The van der Waals surface area contributed by atoms with E-state index in [1.807, 2.05) is 60.7 Å². The number of carbonyl (C=O) groups excluding carboxylic acids is 2. The number of ether oxygens (including phenoxy) is 4. The minimum absolute atomic E-state index is 0.105. The quantitative estimate of drug-likeness (QED) is 0.272. The van der Waals surface area contributed by atoms with Crippen molar-refractivity contribution >= 4 is 11.8 Å². The molecule has 1 heterocycles. The molecule has 0 saturated carbocycles. The Hall–Kier alpha value is -3.91. The summed E-state index contributed by atoms with van der Waals surface area (Å²) in [6.45, 7) is 3.84. The first kappa shape index (κ1) is 26.7. The fourth-order valence-electron chi connectivity index (χ4n) is 3.45. The smallest absolute Gasteiger partial charge is 0.309 e. The highest BCUT2D eigenvalue weighted by Crippen LogP contribution is 2.29. The van der Waals surface area contributed by atoms with Crippen molar-refractivity contribution in [2.24, 2.45) is 5.92 Å². The van der Waals surface area contributed by atoms with Gasteiger partial charge >= 0.3 is 5.97 Å². The van der Waals surface area contributed by atoms with E-state index in [0.717, 1.165) is 5.56 Å². The number of hydrogen-bond acceptors (Lipinski definition) is 8. The van der Waals surface area contributed by atoms with Crippen molar-refractivity contribution in [3.05, 3.63) is 84.2 Å². The van der Waals surface area contributed by atoms with E-state index >= 15 is 0 Å². The van der Waals surface area contributed by atoms with Crippen LogP contribution < -0.4 is 9.47 Å². The molecule has 0 amide bonds. The normalized spacial score (nSPS) is 13.3. The number of rotatable bonds is 13. The summed E-state index contributed by atoms with van der Waals surface area (Å²) in [5.74, 6) is -1.46. The highest BCUT2D eigenvalue weighted by atomic mass is 16.6. The number of carbonyl (C=O) groups is 2. The van der Waals surface area contributed by atoms with Gasteiger partial charge in [0.05, 0.1) is 26.2 Å². The molecule has 0 fully saturated rings. The van der Waals surface area contributed by atoms with Crippen LogP contribution in [-0.2, 0) is 20.9 Å². The number of nitrogens with zero attached hydrogens (tertiary/aromatic N) is 1. The zero-order valence-corrected chi connectivity index (χ0v) is 20.6. The number of pyridine rings is 1. The van der Waals surface area contributed by atoms with E-state index in [4.69, 9.17) is 18.9 Å². The topological polar surface area (TPSA) is 104 Å². The van der Waals surface area contributed by atoms with Gasteiger partial charge in [0.25, 0.3) is 0 Å². The van der Waals surface area contributed by atoms with Crippen LogP contribution in [0.5, 0.6) is 17.2 Å². The van der Waals surface area contributed by atoms with Crippen LogP contribution in [0.4, 0.5) is 0 Å². The predicted octanol–water partition coefficient (Wildman–Crippen LogP) is 4.60. The molecule has 0 saturated heterocycles. The third-order valence-corrected chi connectivity index (χ3v) is 5.52. The summed E-state index contributed by atoms with van der Waals surface area (Å²) in [6.07, 6.45) is -0.0725. The average Bonchev–Trinajstić information content (AvgIpc) is 2.89. The lowest BCUT2D eigenvalue weighted by Crippen LogP contribution is -2.38. The van der Waals surface area contributed by atoms with Crippen LogP contribution in [0.1, 0.15) is 36.3 Å². The third-order valence-electron chi connectivity index (χ3n) is 5.52. The molecule has 1 aromatic heterocycles. The van der Waals surface area contributed by atoms with Gasteiger partial charge in [-0.25, -0.2) is 4.98 Å². The summed E-state index contributed by atoms with van der Waals surface area (Å²) in [7, 11) is 1.38. The van der Waals surface area contributed by atoms with Crippen molar-refractivity contribution in [3.63, 3.8) is 0 Å². The number of benzene rings is 2. The fraction of sp³-hybridized carbons (Fsp3) is 0.321. The van der Waals surface area contributed by atoms with Crippen LogP contribution in [-0.4, -0.2) is 47.8 Å². The van der Waals surface area contributed by atoms with Crippen LogP contribution in [0.25, 0.3) is 0 Å². The fourth-order valence-corrected chi connectivity index (χ4v) is 3.45. The number of esters is 1. The number of hydrogen-bond donors (Lipinski definition) is 1. The van der Waals surface area contributed by atoms with Gasteiger partial charge in [-0.2, -0.15) is 0 Å². The Labute approximate surface area is 210 Å². The van der Waals surface area contributed by atoms with E-state index in [0.29, 0.717) is 12.4 Å². The van der Waals surface area contributed by atoms with Gasteiger partial charge in [-0.1, -0.05) is 55.5 Å². The second-order valence-corrected chi connectivity index (χ2v) is 8.35. The monoisotopic (exact) mass is 493 g/mol. The molecule has 0 aliphatic rings. The first-order valence-electron chi connectivity index (χ1n) is 11.7. The molecule has 3 aromatic rings. The largest absolute Gasteiger partial charge is 0.503 e. The maximum absolute atomic E-state index is 12.9. The lowest BCUT2D eigenvalue weighted by atomic mass is 10.0. The van der Waals surface area contributed by atoms with Gasteiger partial charge in [0.1, 0.15) is 11.9 Å². The zero-order chi connectivity index (χ0) is 25.9. The van der Waals surface area contributed by atoms with Crippen LogP contribution in [0.15, 0.2) is 72.9 Å². The van der Waals surface area contributed by atoms with Gasteiger partial charge in [-0.15, -0.1) is 0 Å². The van der Waals surface area contributed by atoms with Gasteiger partial charge in [-0.3, -0.25) is 9.59 Å². The summed E-state index contributed by atoms with van der Waals surface area (Å²) in [5.41, 5.74) is 0.835. The lowest BCUT2D eigenvalue weighted by molar-refractivity contribution is -0.162. The Balaban J connectivity index is 1.64. The van der Waals surface area contributed by atoms with Crippen LogP contribution in [0.2, 0.25) is 0 Å². The molecule has 0 unspecified atom stereocenters. The summed E-state index contributed by atoms with van der Waals surface area (Å²) in [4.78, 5) is 29.6. The van der Waals surface area contributed by atoms with Crippen molar-refractivity contribution in [1.82, 2.24) is 4.98 Å². The molecular formula is C28H31NO7. The van der Waals surface area contributed by atoms with Crippen LogP contribution in [0, 0.1) is 5.92 Å². The van der Waals surface area contributed by atoms with Crippen LogP contribution in [0.3, 0.4) is 0 Å². The summed E-state index contributed by atoms with van der Waals surface area (Å²) in [6, 6.07) is 20.3. The number of para-hydroxylation sites is 1. The number of aromatic hydroxyl groups is 1. The molecule has 8 nitrogen and oxygen atoms in total. The van der Waals surface area contributed by atoms with Gasteiger partial charge < -0.3 is 24.1 Å². The third kappa shape index (κ3) is 7.55. The first-order valence-corrected chi connectivity index (χ1v) is 11.7. The second-order valence-electron chi connectivity index (χ2n) is 8.35. The highest BCUT2D eigenvalue weighted by molar-refractivity contribution is 5.99. The predicted molar refractivity (Wildman–Crippen MR) is 133 cm³/mol. The Morgan fingerprint density at radius 2 is 1.64 bits per heavy atom. The minimum atomic E-state index is -0.787. The van der Waals surface area contributed by atoms with Gasteiger partial charge in [0.15, 0.2) is 29.1 Å². The molecule has 0 aliphatic heterocycles. The van der Waals surface area contributed by atoms with E-state index in [2.05, 4.69) is 4.98 Å². The molecule has 8 heteroatoms. The van der Waals surface area contributed by atoms with Crippen molar-refractivity contribution < 1.29 is 33.6 Å². The Morgan fingerprint density at radius 3 is 2.31 bits per heavy atom.